The summed E-state index contributed by atoms with van der Waals surface area (Å²) in [6, 6.07) is 9.77. The van der Waals surface area contributed by atoms with Crippen LogP contribution in [0.4, 0.5) is 5.69 Å². The molecule has 2 N–H and O–H groups in total. The topological polar surface area (TPSA) is 55.8 Å². The zero-order chi connectivity index (χ0) is 22.3. The average Bonchev–Trinajstić information content (AvgIpc) is 2.98. The highest BCUT2D eigenvalue weighted by Crippen LogP contribution is 2.50. The molecular weight excluding hydrogens is 410 g/mol. The number of piperazine rings is 1. The number of amides is 1. The predicted molar refractivity (Wildman–Crippen MR) is 126 cm³/mol. The molecule has 0 radical (unpaired) electrons. The molecule has 31 heavy (non-hydrogen) atoms. The van der Waals surface area contributed by atoms with E-state index in [1.807, 2.05) is 31.2 Å². The second-order valence-electron chi connectivity index (χ2n) is 9.66. The molecule has 1 unspecified atom stereocenters. The molecule has 1 aliphatic carbocycles. The SMILES string of the molecule is Cc1cc(C)c2c(c1O)C(NC(=O)CN1CCN(c3cccc(Cl)c3)CC1)C(C)(C)C2. The van der Waals surface area contributed by atoms with Crippen LogP contribution in [0.25, 0.3) is 0 Å². The first kappa shape index (κ1) is 22.0. The summed E-state index contributed by atoms with van der Waals surface area (Å²) in [7, 11) is 0. The molecule has 4 rings (SSSR count). The van der Waals surface area contributed by atoms with Gasteiger partial charge >= 0.3 is 0 Å². The lowest BCUT2D eigenvalue weighted by atomic mass is 9.85. The van der Waals surface area contributed by atoms with Crippen molar-refractivity contribution in [1.29, 1.82) is 0 Å². The second-order valence-corrected chi connectivity index (χ2v) is 10.1. The Labute approximate surface area is 190 Å². The number of benzene rings is 2. The van der Waals surface area contributed by atoms with Gasteiger partial charge in [0.05, 0.1) is 12.6 Å². The Morgan fingerprint density at radius 2 is 1.87 bits per heavy atom. The molecule has 6 heteroatoms. The molecule has 0 saturated carbocycles. The molecule has 0 aromatic heterocycles. The number of fused-ring (bicyclic) bond motifs is 1. The third-order valence-corrected chi connectivity index (χ3v) is 7.02. The summed E-state index contributed by atoms with van der Waals surface area (Å²) in [6.07, 6.45) is 0.852. The van der Waals surface area contributed by atoms with E-state index in [0.29, 0.717) is 12.3 Å². The van der Waals surface area contributed by atoms with Crippen molar-refractivity contribution in [2.75, 3.05) is 37.6 Å². The van der Waals surface area contributed by atoms with E-state index in [1.165, 1.54) is 11.1 Å². The molecule has 0 bridgehead atoms. The number of rotatable bonds is 4. The summed E-state index contributed by atoms with van der Waals surface area (Å²) in [5.74, 6) is 0.340. The lowest BCUT2D eigenvalue weighted by molar-refractivity contribution is -0.123. The number of nitrogens with one attached hydrogen (secondary N) is 1. The normalized spacial score (nSPS) is 20.5. The molecule has 1 amide bonds. The molecule has 0 spiro atoms. The minimum Gasteiger partial charge on any atom is -0.507 e. The van der Waals surface area contributed by atoms with E-state index < -0.39 is 0 Å². The molecule has 166 valence electrons. The first-order chi connectivity index (χ1) is 14.7. The molecule has 1 atom stereocenters. The fourth-order valence-corrected chi connectivity index (χ4v) is 5.24. The Morgan fingerprint density at radius 3 is 2.55 bits per heavy atom. The smallest absolute Gasteiger partial charge is 0.234 e. The Kier molecular flexibility index (Phi) is 5.93. The largest absolute Gasteiger partial charge is 0.507 e. The summed E-state index contributed by atoms with van der Waals surface area (Å²) in [5.41, 5.74) is 5.12. The van der Waals surface area contributed by atoms with Crippen LogP contribution in [0.3, 0.4) is 0 Å². The van der Waals surface area contributed by atoms with Crippen LogP contribution in [0.15, 0.2) is 30.3 Å². The fraction of sp³-hybridized carbons (Fsp3) is 0.480. The second kappa shape index (κ2) is 8.36. The number of carbonyl (C=O) groups excluding carboxylic acids is 1. The highest BCUT2D eigenvalue weighted by Gasteiger charge is 2.43. The summed E-state index contributed by atoms with van der Waals surface area (Å²) in [5, 5.41) is 14.7. The van der Waals surface area contributed by atoms with E-state index in [9.17, 15) is 9.90 Å². The standard InChI is InChI=1S/C25H32ClN3O2/c1-16-12-17(2)23(31)22-20(16)14-25(3,4)24(22)27-21(30)15-28-8-10-29(11-9-28)19-7-5-6-18(26)13-19/h5-7,12-13,24,31H,8-11,14-15H2,1-4H3,(H,27,30). The van der Waals surface area contributed by atoms with Gasteiger partial charge in [-0.15, -0.1) is 0 Å². The van der Waals surface area contributed by atoms with Gasteiger partial charge in [0.2, 0.25) is 5.91 Å². The van der Waals surface area contributed by atoms with Crippen LogP contribution >= 0.6 is 11.6 Å². The lowest BCUT2D eigenvalue weighted by Gasteiger charge is -2.36. The van der Waals surface area contributed by atoms with Crippen molar-refractivity contribution in [2.24, 2.45) is 5.41 Å². The highest BCUT2D eigenvalue weighted by atomic mass is 35.5. The molecule has 2 aromatic rings. The average molecular weight is 442 g/mol. The number of phenols is 1. The number of carbonyl (C=O) groups is 1. The number of nitrogens with zero attached hydrogens (tertiary/aromatic N) is 2. The summed E-state index contributed by atoms with van der Waals surface area (Å²) < 4.78 is 0. The van der Waals surface area contributed by atoms with Crippen LogP contribution in [0.5, 0.6) is 5.75 Å². The number of hydrogen-bond donors (Lipinski definition) is 2. The number of anilines is 1. The van der Waals surface area contributed by atoms with Crippen LogP contribution in [0.2, 0.25) is 5.02 Å². The maximum absolute atomic E-state index is 13.0. The summed E-state index contributed by atoms with van der Waals surface area (Å²) in [4.78, 5) is 17.5. The fourth-order valence-electron chi connectivity index (χ4n) is 5.06. The van der Waals surface area contributed by atoms with E-state index in [-0.39, 0.29) is 17.4 Å². The Bertz CT molecular complexity index is 997. The predicted octanol–water partition coefficient (Wildman–Crippen LogP) is 4.22. The third kappa shape index (κ3) is 4.39. The van der Waals surface area contributed by atoms with Crippen LogP contribution in [0, 0.1) is 19.3 Å². The van der Waals surface area contributed by atoms with Crippen molar-refractivity contribution in [3.63, 3.8) is 0 Å². The van der Waals surface area contributed by atoms with E-state index in [1.54, 1.807) is 0 Å². The van der Waals surface area contributed by atoms with Crippen molar-refractivity contribution in [2.45, 2.75) is 40.2 Å². The van der Waals surface area contributed by atoms with Crippen molar-refractivity contribution >= 4 is 23.2 Å². The van der Waals surface area contributed by atoms with Gasteiger partial charge in [0.1, 0.15) is 5.75 Å². The number of aryl methyl sites for hydroxylation is 2. The van der Waals surface area contributed by atoms with Gasteiger partial charge in [0, 0.05) is 42.5 Å². The maximum Gasteiger partial charge on any atom is 0.234 e. The lowest BCUT2D eigenvalue weighted by Crippen LogP contribution is -2.50. The van der Waals surface area contributed by atoms with Gasteiger partial charge in [-0.3, -0.25) is 9.69 Å². The minimum atomic E-state index is -0.179. The van der Waals surface area contributed by atoms with Crippen LogP contribution in [0.1, 0.15) is 42.1 Å². The minimum absolute atomic E-state index is 0.0145. The van der Waals surface area contributed by atoms with E-state index in [0.717, 1.165) is 54.4 Å². The quantitative estimate of drug-likeness (QED) is 0.745. The maximum atomic E-state index is 13.0. The Balaban J connectivity index is 1.40. The van der Waals surface area contributed by atoms with Crippen molar-refractivity contribution in [3.8, 4) is 5.75 Å². The van der Waals surface area contributed by atoms with E-state index >= 15 is 0 Å². The van der Waals surface area contributed by atoms with Crippen molar-refractivity contribution in [1.82, 2.24) is 10.2 Å². The van der Waals surface area contributed by atoms with E-state index in [2.05, 4.69) is 42.0 Å². The summed E-state index contributed by atoms with van der Waals surface area (Å²) >= 11 is 6.12. The number of halogens is 1. The van der Waals surface area contributed by atoms with Gasteiger partial charge in [-0.2, -0.15) is 0 Å². The van der Waals surface area contributed by atoms with Crippen LogP contribution in [-0.4, -0.2) is 48.6 Å². The monoisotopic (exact) mass is 441 g/mol. The zero-order valence-electron chi connectivity index (χ0n) is 18.8. The van der Waals surface area contributed by atoms with Crippen molar-refractivity contribution < 1.29 is 9.90 Å². The van der Waals surface area contributed by atoms with Crippen LogP contribution in [-0.2, 0) is 11.2 Å². The highest BCUT2D eigenvalue weighted by molar-refractivity contribution is 6.30. The number of aromatic hydroxyl groups is 1. The first-order valence-electron chi connectivity index (χ1n) is 11.0. The molecule has 1 aliphatic heterocycles. The molecular formula is C25H32ClN3O2. The van der Waals surface area contributed by atoms with Crippen molar-refractivity contribution in [3.05, 3.63) is 57.6 Å². The van der Waals surface area contributed by atoms with Gasteiger partial charge in [-0.05, 0) is 60.6 Å². The molecule has 2 aliphatic rings. The van der Waals surface area contributed by atoms with Gasteiger partial charge in [0.25, 0.3) is 0 Å². The molecule has 2 aromatic carbocycles. The van der Waals surface area contributed by atoms with Crippen LogP contribution < -0.4 is 10.2 Å². The van der Waals surface area contributed by atoms with Gasteiger partial charge in [-0.25, -0.2) is 0 Å². The van der Waals surface area contributed by atoms with Gasteiger partial charge < -0.3 is 15.3 Å². The van der Waals surface area contributed by atoms with Gasteiger partial charge in [0.15, 0.2) is 0 Å². The molecule has 1 fully saturated rings. The number of phenolic OH excluding ortho intramolecular Hbond substituents is 1. The third-order valence-electron chi connectivity index (χ3n) is 6.78. The summed E-state index contributed by atoms with van der Waals surface area (Å²) in [6.45, 7) is 12.1. The van der Waals surface area contributed by atoms with E-state index in [4.69, 9.17) is 11.6 Å². The Hall–Kier alpha value is -2.24. The zero-order valence-corrected chi connectivity index (χ0v) is 19.6. The first-order valence-corrected chi connectivity index (χ1v) is 11.4. The molecule has 1 saturated heterocycles. The Morgan fingerprint density at radius 1 is 1.16 bits per heavy atom. The molecule has 1 heterocycles. The van der Waals surface area contributed by atoms with Gasteiger partial charge in [-0.1, -0.05) is 37.6 Å². The number of hydrogen-bond acceptors (Lipinski definition) is 4. The molecule has 5 nitrogen and oxygen atoms in total.